The van der Waals surface area contributed by atoms with Crippen LogP contribution in [-0.4, -0.2) is 193 Å². The summed E-state index contributed by atoms with van der Waals surface area (Å²) in [5.74, 6) is 3.99. The maximum Gasteiger partial charge on any atom is 0.325 e. The summed E-state index contributed by atoms with van der Waals surface area (Å²) in [6.07, 6.45) is 36.1. The van der Waals surface area contributed by atoms with Gasteiger partial charge in [0.2, 0.25) is 10.0 Å². The SMILES string of the molecule is CCCN(CC1CC1)c1cc(C(=O)Cc2ccc(CO)cc2C)ncn1.COC(=O)C(C)(C)NCc1ccc(NC(=O)c2cc(N(CC3CC3)C3CCCCC3)ncn2)cc1.Cc1cc(S(=O)(=O)NCCC(=O)OC(C)(C)C)ccc1CC(=O)c1cc(N(CC2CC2)C2CCCCC2)ncn1.O=C(Nc1ccc(CN2CC(C(=O)O)C2)cc1)c1cc(N(CC2CC2)C2CCCCC2)ncn1. The van der Waals surface area contributed by atoms with Gasteiger partial charge in [0.25, 0.3) is 11.8 Å². The number of aliphatic hydroxyl groups is 1. The molecule has 4 aromatic carbocycles. The molecule has 8 aliphatic rings. The molecule has 0 unspecified atom stereocenters. The first kappa shape index (κ1) is 101. The number of aryl methyl sites for hydroxylation is 2. The number of aliphatic hydroxyl groups excluding tert-OH is 1. The van der Waals surface area contributed by atoms with Gasteiger partial charge in [0.05, 0.1) is 31.0 Å². The number of carbonyl (C=O) groups is 7. The summed E-state index contributed by atoms with van der Waals surface area (Å²) in [7, 11) is -2.44. The number of sulfonamides is 1. The first-order valence-corrected chi connectivity index (χ1v) is 50.4. The maximum atomic E-state index is 13.3. The van der Waals surface area contributed by atoms with Crippen molar-refractivity contribution in [3.63, 3.8) is 0 Å². The number of ketones is 2. The molecule has 724 valence electrons. The molecule has 135 heavy (non-hydrogen) atoms. The average Bonchev–Trinajstić information content (AvgIpc) is 1.81. The van der Waals surface area contributed by atoms with Crippen LogP contribution < -0.4 is 40.3 Å². The molecule has 8 fully saturated rings. The third kappa shape index (κ3) is 31.2. The van der Waals surface area contributed by atoms with Crippen molar-refractivity contribution in [2.24, 2.45) is 29.6 Å². The van der Waals surface area contributed by atoms with E-state index in [-0.39, 0.29) is 66.2 Å². The molecule has 0 atom stereocenters. The zero-order valence-corrected chi connectivity index (χ0v) is 81.1. The molecule has 16 rings (SSSR count). The normalized spacial score (nSPS) is 16.7. The molecule has 0 radical (unpaired) electrons. The Labute approximate surface area is 796 Å². The number of esters is 2. The van der Waals surface area contributed by atoms with E-state index in [1.165, 1.54) is 173 Å². The number of amides is 2. The van der Waals surface area contributed by atoms with Gasteiger partial charge in [-0.1, -0.05) is 113 Å². The van der Waals surface area contributed by atoms with Crippen LogP contribution in [0.2, 0.25) is 0 Å². The fraction of sp³-hybridized carbons (Fsp3) is 0.548. The van der Waals surface area contributed by atoms with E-state index in [0.717, 1.165) is 126 Å². The molecule has 6 N–H and O–H groups in total. The van der Waals surface area contributed by atoms with E-state index in [0.29, 0.717) is 96.4 Å². The van der Waals surface area contributed by atoms with Crippen LogP contribution in [0.15, 0.2) is 139 Å². The predicted molar refractivity (Wildman–Crippen MR) is 522 cm³/mol. The molecule has 1 saturated heterocycles. The molecule has 7 saturated carbocycles. The van der Waals surface area contributed by atoms with Gasteiger partial charge in [-0.2, -0.15) is 0 Å². The number of Topliss-reactive ketones (excluding diaryl/α,β-unsaturated/α-hetero) is 2. The van der Waals surface area contributed by atoms with Crippen molar-refractivity contribution in [3.05, 3.63) is 196 Å². The Balaban J connectivity index is 0.000000154. The topological polar surface area (TPSA) is 380 Å². The van der Waals surface area contributed by atoms with Crippen molar-refractivity contribution in [3.8, 4) is 0 Å². The van der Waals surface area contributed by atoms with Crippen LogP contribution in [0.3, 0.4) is 0 Å². The van der Waals surface area contributed by atoms with E-state index in [2.05, 4.69) is 92.0 Å². The number of nitrogens with zero attached hydrogens (tertiary/aromatic N) is 13. The van der Waals surface area contributed by atoms with Gasteiger partial charge in [0, 0.05) is 132 Å². The number of nitrogens with one attached hydrogen (secondary N) is 4. The summed E-state index contributed by atoms with van der Waals surface area (Å²) in [5.41, 5.74) is 7.95. The van der Waals surface area contributed by atoms with Gasteiger partial charge in [-0.05, 0) is 244 Å². The molecule has 30 nitrogen and oxygen atoms in total. The summed E-state index contributed by atoms with van der Waals surface area (Å²) in [6.45, 7) is 22.1. The third-order valence-corrected chi connectivity index (χ3v) is 28.0. The first-order valence-electron chi connectivity index (χ1n) is 48.9. The minimum absolute atomic E-state index is 0.00336. The smallest absolute Gasteiger partial charge is 0.325 e. The Hall–Kier alpha value is -11.1. The zero-order valence-electron chi connectivity index (χ0n) is 80.3. The fourth-order valence-corrected chi connectivity index (χ4v) is 19.0. The van der Waals surface area contributed by atoms with Crippen molar-refractivity contribution in [1.82, 2.24) is 54.8 Å². The van der Waals surface area contributed by atoms with E-state index < -0.39 is 33.1 Å². The number of aromatic nitrogens is 8. The number of hydrogen-bond donors (Lipinski definition) is 6. The second kappa shape index (κ2) is 48.1. The van der Waals surface area contributed by atoms with Gasteiger partial charge in [0.1, 0.15) is 82.5 Å². The summed E-state index contributed by atoms with van der Waals surface area (Å²) >= 11 is 0. The predicted octanol–water partition coefficient (Wildman–Crippen LogP) is 16.2. The molecule has 2 amide bonds. The highest BCUT2D eigenvalue weighted by Gasteiger charge is 2.37. The van der Waals surface area contributed by atoms with Crippen molar-refractivity contribution >= 4 is 86.0 Å². The molecule has 0 bridgehead atoms. The number of aliphatic carboxylic acids is 1. The number of likely N-dealkylation sites (tertiary alicyclic amines) is 1. The van der Waals surface area contributed by atoms with Crippen LogP contribution >= 0.6 is 0 Å². The van der Waals surface area contributed by atoms with Gasteiger partial charge in [0.15, 0.2) is 11.6 Å². The molecule has 7 aliphatic carbocycles. The van der Waals surface area contributed by atoms with Crippen LogP contribution in [0, 0.1) is 43.4 Å². The molecule has 5 heterocycles. The molecule has 31 heteroatoms. The second-order valence-electron chi connectivity index (χ2n) is 39.5. The van der Waals surface area contributed by atoms with Gasteiger partial charge in [-0.15, -0.1) is 0 Å². The Morgan fingerprint density at radius 2 is 0.896 bits per heavy atom. The van der Waals surface area contributed by atoms with Gasteiger partial charge in [-0.25, -0.2) is 53.0 Å². The number of carboxylic acids is 1. The van der Waals surface area contributed by atoms with Crippen LogP contribution in [0.1, 0.15) is 283 Å². The van der Waals surface area contributed by atoms with Crippen molar-refractivity contribution in [1.29, 1.82) is 0 Å². The second-order valence-corrected chi connectivity index (χ2v) is 41.3. The highest BCUT2D eigenvalue weighted by Crippen LogP contribution is 2.39. The maximum absolute atomic E-state index is 13.3. The van der Waals surface area contributed by atoms with Gasteiger partial charge in [-0.3, -0.25) is 43.8 Å². The number of ether oxygens (including phenoxy) is 2. The first-order chi connectivity index (χ1) is 64.9. The number of methoxy groups -OCH3 is 1. The highest BCUT2D eigenvalue weighted by molar-refractivity contribution is 7.89. The van der Waals surface area contributed by atoms with E-state index >= 15 is 0 Å². The van der Waals surface area contributed by atoms with Gasteiger partial charge < -0.3 is 49.9 Å². The molecular weight excluding hydrogens is 1730 g/mol. The lowest BCUT2D eigenvalue weighted by Gasteiger charge is -2.36. The Morgan fingerprint density at radius 1 is 0.489 bits per heavy atom. The lowest BCUT2D eigenvalue weighted by Crippen LogP contribution is -2.49. The number of rotatable bonds is 40. The number of benzene rings is 4. The van der Waals surface area contributed by atoms with E-state index in [9.17, 15) is 47.1 Å². The van der Waals surface area contributed by atoms with E-state index in [1.54, 1.807) is 53.7 Å². The monoisotopic (exact) mass is 1870 g/mol. The number of carboxylic acid groups (broad SMARTS) is 1. The van der Waals surface area contributed by atoms with E-state index in [4.69, 9.17) is 14.6 Å². The Morgan fingerprint density at radius 3 is 1.31 bits per heavy atom. The molecular formula is C104H139N17O13S. The van der Waals surface area contributed by atoms with E-state index in [1.807, 2.05) is 97.9 Å². The molecule has 1 aliphatic heterocycles. The van der Waals surface area contributed by atoms with Crippen molar-refractivity contribution in [2.45, 2.75) is 283 Å². The van der Waals surface area contributed by atoms with Crippen LogP contribution in [0.4, 0.5) is 34.6 Å². The quantitative estimate of drug-likeness (QED) is 0.0153. The standard InChI is InChI=1S/C30H42N4O5S.C27H37N5O3.C26H33N5O3.C21H27N3O2/c1-21-16-25(40(37,38)33-15-14-29(36)39-30(2,3)4)13-12-23(21)17-27(35)26-18-28(32-20-31-26)34(19-22-10-11-22)24-8-6-5-7-9-24;1-27(2,26(34)35-3)30-16-19-11-13-21(14-12-19)31-25(33)23-15-24(29-18-28-23)32(17-20-9-10-20)22-7-5-4-6-8-22;32-25(29-21-10-8-18(9-11-21)13-30-15-20(16-30)26(33)34)23-12-24(28-17-27-23)31(14-19-6-7-19)22-4-2-1-3-5-22;1-3-8-24(12-16-4-5-16)21-11-19(22-14-23-21)20(26)10-18-7-6-17(13-25)9-15(18)2/h12-13,16,18,20,22,24,33H,5-11,14-15,17,19H2,1-4H3;11-15,18,20,22,30H,4-10,16-17H2,1-3H3,(H,31,33);8-12,17,19-20,22H,1-7,13-16H2,(H,29,32)(H,33,34);6-7,9,11,14,16,25H,3-5,8,10,12-13H2,1-2H3. The lowest BCUT2D eigenvalue weighted by atomic mass is 9.94. The molecule has 8 aromatic rings. The van der Waals surface area contributed by atoms with Crippen LogP contribution in [-0.2, 0) is 66.4 Å². The lowest BCUT2D eigenvalue weighted by molar-refractivity contribution is -0.154. The third-order valence-electron chi connectivity index (χ3n) is 26.5. The Kier molecular flexibility index (Phi) is 36.1. The van der Waals surface area contributed by atoms with Crippen molar-refractivity contribution in [2.75, 3.05) is 89.7 Å². The fourth-order valence-electron chi connectivity index (χ4n) is 17.9. The number of anilines is 6. The summed E-state index contributed by atoms with van der Waals surface area (Å²) < 4.78 is 38.0. The zero-order chi connectivity index (χ0) is 95.8. The van der Waals surface area contributed by atoms with Gasteiger partial charge >= 0.3 is 17.9 Å². The number of hydrogen-bond acceptors (Lipinski definition) is 26. The summed E-state index contributed by atoms with van der Waals surface area (Å²) in [5, 5.41) is 27.3. The van der Waals surface area contributed by atoms with Crippen LogP contribution in [0.5, 0.6) is 0 Å². The highest BCUT2D eigenvalue weighted by atomic mass is 32.2. The number of carbonyl (C=O) groups excluding carboxylic acids is 6. The Bertz CT molecular complexity index is 5430. The molecule has 0 spiro atoms. The van der Waals surface area contributed by atoms with Crippen LogP contribution in [0.25, 0.3) is 0 Å². The molecule has 4 aromatic heterocycles. The summed E-state index contributed by atoms with van der Waals surface area (Å²) in [6, 6.07) is 34.4. The minimum Gasteiger partial charge on any atom is -0.481 e. The van der Waals surface area contributed by atoms with Crippen molar-refractivity contribution < 1.29 is 61.7 Å². The summed E-state index contributed by atoms with van der Waals surface area (Å²) in [4.78, 5) is 133. The largest absolute Gasteiger partial charge is 0.481 e. The average molecular weight is 1870 g/mol. The minimum atomic E-state index is -3.82.